The van der Waals surface area contributed by atoms with Crippen LogP contribution < -0.4 is 5.32 Å². The van der Waals surface area contributed by atoms with Crippen LogP contribution >= 0.6 is 0 Å². The smallest absolute Gasteiger partial charge is 0.123 e. The van der Waals surface area contributed by atoms with E-state index < -0.39 is 0 Å². The van der Waals surface area contributed by atoms with Crippen molar-refractivity contribution in [3.63, 3.8) is 0 Å². The monoisotopic (exact) mass is 461 g/mol. The Balaban J connectivity index is 1.52. The maximum Gasteiger partial charge on any atom is 0.123 e. The van der Waals surface area contributed by atoms with Crippen molar-refractivity contribution in [2.24, 2.45) is 0 Å². The second-order valence-electron chi connectivity index (χ2n) is 8.95. The molecule has 0 fully saturated rings. The molecule has 0 saturated carbocycles. The van der Waals surface area contributed by atoms with E-state index in [0.29, 0.717) is 0 Å². The number of hydrogen-bond donors (Lipinski definition) is 2. The molecule has 178 valence electrons. The Labute approximate surface area is 210 Å². The number of aryl methyl sites for hydroxylation is 2. The minimum atomic E-state index is 0.286. The average molecular weight is 462 g/mol. The lowest BCUT2D eigenvalue weighted by atomic mass is 9.98. The van der Waals surface area contributed by atoms with Crippen LogP contribution in [0.1, 0.15) is 55.4 Å². The van der Waals surface area contributed by atoms with Crippen molar-refractivity contribution in [2.75, 3.05) is 0 Å². The average Bonchev–Trinajstić information content (AvgIpc) is 3.15. The molecule has 1 aliphatic carbocycles. The van der Waals surface area contributed by atoms with E-state index in [2.05, 4.69) is 104 Å². The third kappa shape index (κ3) is 6.64. The topological polar surface area (TPSA) is 32.3 Å². The van der Waals surface area contributed by atoms with Crippen molar-refractivity contribution in [3.05, 3.63) is 142 Å². The van der Waals surface area contributed by atoms with Crippen LogP contribution in [0.4, 0.5) is 0 Å². The summed E-state index contributed by atoms with van der Waals surface area (Å²) in [7, 11) is 0. The van der Waals surface area contributed by atoms with Crippen LogP contribution in [0.25, 0.3) is 11.3 Å². The van der Waals surface area contributed by atoms with Crippen LogP contribution in [0.2, 0.25) is 0 Å². The first-order valence-electron chi connectivity index (χ1n) is 12.6. The Kier molecular flexibility index (Phi) is 8.40. The molecule has 2 aliphatic rings. The van der Waals surface area contributed by atoms with Gasteiger partial charge in [-0.1, -0.05) is 98.8 Å². The van der Waals surface area contributed by atoms with Gasteiger partial charge in [0.05, 0.1) is 0 Å². The fraction of sp³-hybridized carbons (Fsp3) is 0.212. The zero-order valence-electron chi connectivity index (χ0n) is 20.8. The van der Waals surface area contributed by atoms with Gasteiger partial charge < -0.3 is 10.4 Å². The van der Waals surface area contributed by atoms with E-state index in [0.717, 1.165) is 48.8 Å². The van der Waals surface area contributed by atoms with Crippen LogP contribution in [-0.4, -0.2) is 5.11 Å². The van der Waals surface area contributed by atoms with Crippen LogP contribution in [-0.2, 0) is 12.8 Å². The highest BCUT2D eigenvalue weighted by Crippen LogP contribution is 2.25. The fourth-order valence-corrected chi connectivity index (χ4v) is 4.26. The summed E-state index contributed by atoms with van der Waals surface area (Å²) in [5.74, 6) is 0.286. The number of aliphatic hydroxyl groups excluding tert-OH is 1. The predicted molar refractivity (Wildman–Crippen MR) is 150 cm³/mol. The second kappa shape index (κ2) is 12.1. The predicted octanol–water partition coefficient (Wildman–Crippen LogP) is 8.39. The third-order valence-corrected chi connectivity index (χ3v) is 6.48. The third-order valence-electron chi connectivity index (χ3n) is 6.48. The first-order chi connectivity index (χ1) is 17.2. The molecule has 0 spiro atoms. The highest BCUT2D eigenvalue weighted by molar-refractivity contribution is 5.81. The normalized spacial score (nSPS) is 16.2. The fourth-order valence-electron chi connectivity index (χ4n) is 4.26. The molecule has 0 unspecified atom stereocenters. The molecule has 0 saturated heterocycles. The minimum absolute atomic E-state index is 0.286. The SMILES string of the molecule is CCc1ccc(/C(O)=C/C(=C\C/C=C/C2=CNC3=C(C=CCC=C3)C2)c2ccc(CC)cc2)cc1. The van der Waals surface area contributed by atoms with Crippen molar-refractivity contribution in [1.29, 1.82) is 0 Å². The van der Waals surface area contributed by atoms with Crippen LogP contribution in [0.5, 0.6) is 0 Å². The van der Waals surface area contributed by atoms with Crippen molar-refractivity contribution in [3.8, 4) is 0 Å². The van der Waals surface area contributed by atoms with Gasteiger partial charge in [-0.3, -0.25) is 0 Å². The molecule has 0 atom stereocenters. The number of benzene rings is 2. The molecule has 2 aromatic rings. The molecule has 4 rings (SSSR count). The molecule has 1 aliphatic heterocycles. The van der Waals surface area contributed by atoms with Gasteiger partial charge in [0.2, 0.25) is 0 Å². The van der Waals surface area contributed by atoms with E-state index in [-0.39, 0.29) is 5.76 Å². The quantitative estimate of drug-likeness (QED) is 0.306. The highest BCUT2D eigenvalue weighted by atomic mass is 16.3. The van der Waals surface area contributed by atoms with E-state index >= 15 is 0 Å². The van der Waals surface area contributed by atoms with Crippen LogP contribution in [0.15, 0.2) is 120 Å². The summed E-state index contributed by atoms with van der Waals surface area (Å²) in [5.41, 5.74) is 9.33. The molecule has 2 N–H and O–H groups in total. The Morgan fingerprint density at radius 1 is 0.886 bits per heavy atom. The summed E-state index contributed by atoms with van der Waals surface area (Å²) >= 11 is 0. The molecule has 0 amide bonds. The molecule has 1 heterocycles. The van der Waals surface area contributed by atoms with Crippen molar-refractivity contribution in [2.45, 2.75) is 46.0 Å². The number of dihydropyridines is 1. The van der Waals surface area contributed by atoms with Crippen LogP contribution in [0.3, 0.4) is 0 Å². The molecular weight excluding hydrogens is 426 g/mol. The second-order valence-corrected chi connectivity index (χ2v) is 8.95. The summed E-state index contributed by atoms with van der Waals surface area (Å²) < 4.78 is 0. The molecule has 2 heteroatoms. The molecule has 0 bridgehead atoms. The Morgan fingerprint density at radius 3 is 2.23 bits per heavy atom. The van der Waals surface area contributed by atoms with Crippen LogP contribution in [0, 0.1) is 0 Å². The van der Waals surface area contributed by atoms with Gasteiger partial charge >= 0.3 is 0 Å². The number of allylic oxidation sites excluding steroid dienone is 11. The summed E-state index contributed by atoms with van der Waals surface area (Å²) in [4.78, 5) is 0. The Morgan fingerprint density at radius 2 is 1.54 bits per heavy atom. The summed E-state index contributed by atoms with van der Waals surface area (Å²) in [5, 5.41) is 14.3. The van der Waals surface area contributed by atoms with Crippen molar-refractivity contribution in [1.82, 2.24) is 5.32 Å². The maximum absolute atomic E-state index is 10.9. The zero-order valence-corrected chi connectivity index (χ0v) is 20.8. The Bertz CT molecular complexity index is 1230. The van der Waals surface area contributed by atoms with Gasteiger partial charge in [-0.05, 0) is 71.2 Å². The lowest BCUT2D eigenvalue weighted by Crippen LogP contribution is -2.11. The summed E-state index contributed by atoms with van der Waals surface area (Å²) in [6, 6.07) is 16.8. The number of rotatable bonds is 8. The zero-order chi connectivity index (χ0) is 24.5. The van der Waals surface area contributed by atoms with Gasteiger partial charge in [0.1, 0.15) is 5.76 Å². The molecule has 35 heavy (non-hydrogen) atoms. The molecule has 0 radical (unpaired) electrons. The molecular formula is C33H35NO. The lowest BCUT2D eigenvalue weighted by Gasteiger charge is -2.16. The standard InChI is InChI=1S/C33H35NO/c1-3-25-14-18-28(19-15-25)30(23-33(35)29-20-16-26(4-2)17-21-29)11-9-8-10-27-22-31-12-6-5-7-13-32(31)34-24-27/h6-8,10-21,23-24,34-35H,3-5,9,22H2,1-2H3/b10-8+,30-11+,33-23-. The van der Waals surface area contributed by atoms with Gasteiger partial charge in [0.15, 0.2) is 0 Å². The lowest BCUT2D eigenvalue weighted by molar-refractivity contribution is 0.512. The number of aliphatic hydroxyl groups is 1. The largest absolute Gasteiger partial charge is 0.507 e. The van der Waals surface area contributed by atoms with Gasteiger partial charge in [-0.15, -0.1) is 0 Å². The summed E-state index contributed by atoms with van der Waals surface area (Å²) in [6.45, 7) is 4.30. The van der Waals surface area contributed by atoms with Gasteiger partial charge in [0, 0.05) is 23.9 Å². The van der Waals surface area contributed by atoms with Gasteiger partial charge in [0.25, 0.3) is 0 Å². The van der Waals surface area contributed by atoms with E-state index in [1.54, 1.807) is 0 Å². The van der Waals surface area contributed by atoms with Gasteiger partial charge in [-0.2, -0.15) is 0 Å². The van der Waals surface area contributed by atoms with E-state index in [9.17, 15) is 5.11 Å². The minimum Gasteiger partial charge on any atom is -0.507 e. The number of hydrogen-bond acceptors (Lipinski definition) is 2. The van der Waals surface area contributed by atoms with Crippen molar-refractivity contribution >= 4 is 11.3 Å². The first-order valence-corrected chi connectivity index (χ1v) is 12.6. The first kappa shape index (κ1) is 24.3. The molecule has 0 aromatic heterocycles. The maximum atomic E-state index is 10.9. The van der Waals surface area contributed by atoms with E-state index in [1.165, 1.54) is 28.0 Å². The van der Waals surface area contributed by atoms with E-state index in [4.69, 9.17) is 0 Å². The number of nitrogens with one attached hydrogen (secondary N) is 1. The van der Waals surface area contributed by atoms with Crippen molar-refractivity contribution < 1.29 is 5.11 Å². The molecule has 2 aromatic carbocycles. The van der Waals surface area contributed by atoms with E-state index in [1.807, 2.05) is 18.2 Å². The van der Waals surface area contributed by atoms with Gasteiger partial charge in [-0.25, -0.2) is 0 Å². The molecule has 2 nitrogen and oxygen atoms in total. The highest BCUT2D eigenvalue weighted by Gasteiger charge is 2.09. The Hall–Kier alpha value is -3.78. The summed E-state index contributed by atoms with van der Waals surface area (Å²) in [6.07, 6.45) is 24.0.